The van der Waals surface area contributed by atoms with Gasteiger partial charge in [0.2, 0.25) is 0 Å². The normalized spacial score (nSPS) is 12.2. The molecule has 0 spiro atoms. The lowest BCUT2D eigenvalue weighted by molar-refractivity contribution is 0.106. The third-order valence-corrected chi connectivity index (χ3v) is 19.3. The third-order valence-electron chi connectivity index (χ3n) is 18.0. The number of hydrogen-bond donors (Lipinski definition) is 11. The smallest absolute Gasteiger partial charge is 0.157 e. The number of rotatable bonds is 42. The second-order valence-corrected chi connectivity index (χ2v) is 31.3. The van der Waals surface area contributed by atoms with Crippen molar-refractivity contribution in [2.45, 2.75) is 185 Å². The average Bonchev–Trinajstić information content (AvgIpc) is 1.67. The molecule has 708 valence electrons. The van der Waals surface area contributed by atoms with Gasteiger partial charge in [-0.05, 0) is 255 Å². The number of phenols is 2. The van der Waals surface area contributed by atoms with Gasteiger partial charge in [0.1, 0.15) is 70.4 Å². The van der Waals surface area contributed by atoms with Gasteiger partial charge in [0.25, 0.3) is 0 Å². The summed E-state index contributed by atoms with van der Waals surface area (Å²) in [5, 5.41) is 48.0. The zero-order valence-corrected chi connectivity index (χ0v) is 78.7. The minimum absolute atomic E-state index is 0.0130. The first-order valence-corrected chi connectivity index (χ1v) is 43.8. The van der Waals surface area contributed by atoms with Gasteiger partial charge in [-0.3, -0.25) is 38.7 Å². The van der Waals surface area contributed by atoms with Gasteiger partial charge in [-0.15, -0.1) is 0 Å². The first kappa shape index (κ1) is 114. The van der Waals surface area contributed by atoms with Crippen LogP contribution in [-0.4, -0.2) is 139 Å². The number of aromatic nitrogens is 1. The standard InChI is InChI=1S/C14H20FNO2.C13H16FN3.C13H20O3.C12H16ClFN2.C12H17FN2.C11H14BrFN2O.C11H14ClFN2O.C11H15FN2O/c1-11(16)2-7-14(17)13-5-3-12(4-6-13)10-18-9-8-15;1-10(15)16-9-11-2-3-13-12(8-11)4-6-17(13)7-5-14;1-3-4-5-9(2)13(16)10-6-7-11(14)12(15)8-10;1-9(15)16-8-10-4-5-11(3-2-6-14)12(13)7-10;1-10(14)15-9-12-5-2-4-11(8-12)6-3-7-13;2*1-8(14)15-7-9-2-3-11(10(12)6-9)16-5-4-13;1-9(13)14-8-10-2-4-11(5-3-10)15-7-6-12/h3-6,14,16-17H,2,7-10H2,1H3;2-4,6,8H,5,7,9H2,1H3,(H2,15,16);6-9,13-16H,3-5H2,1-2H3;4-5,7H,2-3,6,8H2,1H3,(H2,15,16);2,4-5,8H,3,6-7,9H2,1H3,(H2,14,15);2*2-3,6H,4-5,7H2,1H3,(H2,14,15);2-5H,6-8H2,1H3,(H2,13,14)/i15-1;14-1;;14-1;3*13-1;12-1. The van der Waals surface area contributed by atoms with E-state index in [1.54, 1.807) is 84.9 Å². The summed E-state index contributed by atoms with van der Waals surface area (Å²) >= 11 is 15.4. The summed E-state index contributed by atoms with van der Waals surface area (Å²) < 4.78 is 107. The number of aliphatic hydroxyl groups is 2. The fourth-order valence-corrected chi connectivity index (χ4v) is 12.3. The summed E-state index contributed by atoms with van der Waals surface area (Å²) in [7, 11) is 0. The number of alkyl halides is 7. The van der Waals surface area contributed by atoms with E-state index in [9.17, 15) is 51.2 Å². The third kappa shape index (κ3) is 52.5. The molecule has 0 aliphatic heterocycles. The molecule has 32 heteroatoms. The number of nitrogens with two attached hydrogens (primary N) is 6. The summed E-state index contributed by atoms with van der Waals surface area (Å²) in [5.41, 5.74) is 45.2. The number of phenolic OH excluding ortho intramolecular Hbond substituents is 2. The second kappa shape index (κ2) is 68.3. The highest BCUT2D eigenvalue weighted by molar-refractivity contribution is 9.10. The summed E-state index contributed by atoms with van der Waals surface area (Å²) in [6, 6.07) is 51.9. The number of hydrogen-bond acceptors (Lipinski definition) is 15. The number of aromatic hydroxyl groups is 2. The van der Waals surface area contributed by atoms with E-state index in [0.717, 1.165) is 96.7 Å². The van der Waals surface area contributed by atoms with Gasteiger partial charge in [-0.2, -0.15) is 0 Å². The average molecular weight is 1900 g/mol. The zero-order chi connectivity index (χ0) is 95.9. The molecule has 22 nitrogen and oxygen atoms in total. The van der Waals surface area contributed by atoms with Gasteiger partial charge in [-0.25, -0.2) is 22.0 Å². The topological polar surface area (TPSA) is 377 Å². The van der Waals surface area contributed by atoms with Crippen molar-refractivity contribution in [3.05, 3.63) is 252 Å². The Bertz CT molecular complexity index is 4640. The first-order valence-electron chi connectivity index (χ1n) is 42.3. The van der Waals surface area contributed by atoms with Crippen molar-refractivity contribution < 1.29 is 70.1 Å². The number of nitrogens with zero attached hydrogens (tertiary/aromatic N) is 7. The van der Waals surface area contributed by atoms with Crippen LogP contribution in [0, 0.1) is 11.3 Å². The van der Waals surface area contributed by atoms with Gasteiger partial charge in [0.15, 0.2) is 11.5 Å². The lowest BCUT2D eigenvalue weighted by Gasteiger charge is -2.19. The Balaban J connectivity index is 0.000000499. The number of halogens is 10. The van der Waals surface area contributed by atoms with Crippen LogP contribution in [0.5, 0.6) is 28.7 Å². The van der Waals surface area contributed by atoms with Crippen LogP contribution in [0.3, 0.4) is 0 Å². The zero-order valence-electron chi connectivity index (χ0n) is 75.6. The molecule has 9 rings (SSSR count). The van der Waals surface area contributed by atoms with E-state index in [0.29, 0.717) is 158 Å². The monoisotopic (exact) mass is 1900 g/mol. The van der Waals surface area contributed by atoms with E-state index in [2.05, 4.69) is 64.9 Å². The maximum atomic E-state index is 12.3. The molecular weight excluding hydrogens is 1770 g/mol. The van der Waals surface area contributed by atoms with Crippen LogP contribution in [0.1, 0.15) is 181 Å². The molecule has 0 amide bonds. The molecule has 17 N–H and O–H groups in total. The SMILES string of the molecule is CC(=N)CCC(O)c1ccc(COCC[18F])cc1.CC(N)=NCc1ccc(CCC[18F])c(Cl)c1.CC(N)=NCc1ccc(OCC[18F])c(Br)c1.CC(N)=NCc1ccc(OCC[18F])c(Cl)c1.CC(N)=NCc1ccc(OCC[18F])cc1.CC(N)=NCc1ccc2c(ccn2CC[18F])c1.CC(N)=NCc1cccc(CCC[18F])c1.CCCCC(C)C(O)c1ccc(O)c(O)c1. The van der Waals surface area contributed by atoms with Crippen molar-refractivity contribution in [3.8, 4) is 28.7 Å². The predicted octanol–water partition coefficient (Wildman–Crippen LogP) is 21.2. The van der Waals surface area contributed by atoms with Crippen molar-refractivity contribution >= 4 is 90.8 Å². The van der Waals surface area contributed by atoms with Gasteiger partial charge in [-0.1, -0.05) is 147 Å². The van der Waals surface area contributed by atoms with Crippen LogP contribution in [0.15, 0.2) is 210 Å². The molecule has 0 radical (unpaired) electrons. The van der Waals surface area contributed by atoms with Crippen LogP contribution < -0.4 is 48.6 Å². The van der Waals surface area contributed by atoms with E-state index in [1.807, 2.05) is 127 Å². The molecule has 1 aromatic heterocycles. The van der Waals surface area contributed by atoms with Crippen LogP contribution in [0.25, 0.3) is 10.9 Å². The van der Waals surface area contributed by atoms with E-state index in [4.69, 9.17) is 82.0 Å². The maximum absolute atomic E-state index is 12.3. The van der Waals surface area contributed by atoms with Crippen LogP contribution >= 0.6 is 39.1 Å². The number of ether oxygens (including phenoxy) is 4. The van der Waals surface area contributed by atoms with Gasteiger partial charge < -0.3 is 83.8 Å². The van der Waals surface area contributed by atoms with Crippen LogP contribution in [0.2, 0.25) is 10.0 Å². The van der Waals surface area contributed by atoms with Crippen molar-refractivity contribution in [2.75, 3.05) is 73.1 Å². The molecule has 3 atom stereocenters. The Hall–Kier alpha value is -10.8. The summed E-state index contributed by atoms with van der Waals surface area (Å²) in [5.74, 6) is 4.97. The largest absolute Gasteiger partial charge is 0.504 e. The maximum Gasteiger partial charge on any atom is 0.157 e. The number of aliphatic hydroxyl groups excluding tert-OH is 2. The van der Waals surface area contributed by atoms with Gasteiger partial charge >= 0.3 is 0 Å². The molecule has 0 saturated carbocycles. The molecule has 0 fully saturated rings. The van der Waals surface area contributed by atoms with Crippen molar-refractivity contribution in [3.63, 3.8) is 0 Å². The predicted molar refractivity (Wildman–Crippen MR) is 520 cm³/mol. The molecule has 0 bridgehead atoms. The van der Waals surface area contributed by atoms with E-state index < -0.39 is 38.9 Å². The number of aryl methyl sites for hydroxylation is 3. The number of amidine groups is 6. The molecule has 0 aliphatic carbocycles. The first-order chi connectivity index (χ1) is 61.7. The van der Waals surface area contributed by atoms with Crippen molar-refractivity contribution in [1.82, 2.24) is 4.57 Å². The molecule has 1 heterocycles. The number of fused-ring (bicyclic) bond motifs is 1. The molecule has 129 heavy (non-hydrogen) atoms. The molecule has 8 aromatic carbocycles. The number of benzene rings is 8. The van der Waals surface area contributed by atoms with Crippen molar-refractivity contribution in [1.29, 1.82) is 5.41 Å². The molecule has 9 aromatic rings. The number of aliphatic imine (C=N–C) groups is 6. The Kier molecular flexibility index (Phi) is 60.6. The molecule has 3 unspecified atom stereocenters. The highest BCUT2D eigenvalue weighted by Crippen LogP contribution is 2.33. The Labute approximate surface area is 774 Å². The van der Waals surface area contributed by atoms with E-state index >= 15 is 0 Å². The fourth-order valence-electron chi connectivity index (χ4n) is 11.2. The highest BCUT2D eigenvalue weighted by atomic mass is 79.9. The minimum atomic E-state index is -0.585. The van der Waals surface area contributed by atoms with Gasteiger partial charge in [0, 0.05) is 22.4 Å². The summed E-state index contributed by atoms with van der Waals surface area (Å²) in [4.78, 5) is 24.7. The molecular formula is C97H132BrCl2F7N14O8. The lowest BCUT2D eigenvalue weighted by Crippen LogP contribution is -2.09. The summed E-state index contributed by atoms with van der Waals surface area (Å²) in [6.07, 6.45) is 7.66. The lowest BCUT2D eigenvalue weighted by atomic mass is 9.93. The molecule has 0 aliphatic rings. The molecule has 0 saturated heterocycles. The number of unbranched alkanes of at least 4 members (excludes halogenated alkanes) is 1. The van der Waals surface area contributed by atoms with Crippen LogP contribution in [0.4, 0.5) is 30.7 Å². The Morgan fingerprint density at radius 2 is 0.907 bits per heavy atom. The summed E-state index contributed by atoms with van der Waals surface area (Å²) in [6.45, 7) is 17.8. The van der Waals surface area contributed by atoms with E-state index in [1.165, 1.54) is 12.1 Å². The minimum Gasteiger partial charge on any atom is -0.504 e. The van der Waals surface area contributed by atoms with Crippen LogP contribution in [-0.2, 0) is 70.0 Å². The quantitative estimate of drug-likeness (QED) is 0.00557. The Morgan fingerprint density at radius 1 is 0.450 bits per heavy atom. The Morgan fingerprint density at radius 3 is 1.40 bits per heavy atom. The van der Waals surface area contributed by atoms with E-state index in [-0.39, 0.29) is 63.9 Å². The highest BCUT2D eigenvalue weighted by Gasteiger charge is 2.18. The fraction of sp³-hybridized carbons (Fsp3) is 0.412. The van der Waals surface area contributed by atoms with Crippen molar-refractivity contribution in [2.24, 2.45) is 70.3 Å². The number of nitrogens with one attached hydrogen (secondary N) is 1. The van der Waals surface area contributed by atoms with Gasteiger partial charge in [0.05, 0.1) is 129 Å². The second-order valence-electron chi connectivity index (χ2n) is 29.6.